The number of tetrazole rings is 1. The average Bonchev–Trinajstić information content (AvgIpc) is 3.74. The molecule has 0 bridgehead atoms. The number of nitrogens with zero attached hydrogens (tertiary/aromatic N) is 4. The predicted octanol–water partition coefficient (Wildman–Crippen LogP) is 5.91. The van der Waals surface area contributed by atoms with Crippen molar-refractivity contribution in [3.8, 4) is 22.5 Å². The highest BCUT2D eigenvalue weighted by Gasteiger charge is 2.30. The summed E-state index contributed by atoms with van der Waals surface area (Å²) in [6, 6.07) is 19.9. The summed E-state index contributed by atoms with van der Waals surface area (Å²) in [7, 11) is 0. The second-order valence-corrected chi connectivity index (χ2v) is 15.7. The summed E-state index contributed by atoms with van der Waals surface area (Å²) in [5, 5.41) is 26.0. The molecule has 0 saturated heterocycles. The smallest absolute Gasteiger partial charge is 0.407 e. The van der Waals surface area contributed by atoms with E-state index in [9.17, 15) is 19.2 Å². The Kier molecular flexibility index (Phi) is 14.9. The van der Waals surface area contributed by atoms with Crippen LogP contribution in [-0.2, 0) is 20.7 Å². The van der Waals surface area contributed by atoms with Crippen LogP contribution in [0.25, 0.3) is 22.5 Å². The molecule has 1 aliphatic rings. The van der Waals surface area contributed by atoms with Gasteiger partial charge in [0.1, 0.15) is 11.6 Å². The molecular weight excluding hydrogens is 723 g/mol. The van der Waals surface area contributed by atoms with Gasteiger partial charge < -0.3 is 30.9 Å². The first-order valence-corrected chi connectivity index (χ1v) is 19.9. The molecule has 304 valence electrons. The van der Waals surface area contributed by atoms with Crippen LogP contribution in [0.2, 0.25) is 0 Å². The van der Waals surface area contributed by atoms with Gasteiger partial charge in [-0.3, -0.25) is 14.4 Å². The monoisotopic (exact) mass is 779 g/mol. The number of likely N-dealkylation sites (N-methyl/N-ethyl adjacent to an activating group) is 1. The van der Waals surface area contributed by atoms with Crippen LogP contribution in [0, 0.1) is 18.8 Å². The first-order valence-electron chi connectivity index (χ1n) is 19.9. The third kappa shape index (κ3) is 12.7. The van der Waals surface area contributed by atoms with Crippen LogP contribution in [0.3, 0.4) is 0 Å². The van der Waals surface area contributed by atoms with Crippen molar-refractivity contribution in [2.45, 2.75) is 85.3 Å². The van der Waals surface area contributed by atoms with E-state index >= 15 is 0 Å². The number of benzene rings is 3. The number of hydrogen-bond acceptors (Lipinski definition) is 9. The van der Waals surface area contributed by atoms with Gasteiger partial charge in [0.15, 0.2) is 0 Å². The molecule has 0 radical (unpaired) electrons. The summed E-state index contributed by atoms with van der Waals surface area (Å²) in [5.74, 6) is -0.152. The van der Waals surface area contributed by atoms with Crippen molar-refractivity contribution in [3.63, 3.8) is 0 Å². The van der Waals surface area contributed by atoms with Gasteiger partial charge in [-0.1, -0.05) is 44.2 Å². The Morgan fingerprint density at radius 2 is 1.58 bits per heavy atom. The Morgan fingerprint density at radius 3 is 2.19 bits per heavy atom. The third-order valence-corrected chi connectivity index (χ3v) is 10.3. The Morgan fingerprint density at radius 1 is 0.895 bits per heavy atom. The van der Waals surface area contributed by atoms with E-state index in [1.54, 1.807) is 24.3 Å². The quantitative estimate of drug-likeness (QED) is 0.0923. The second kappa shape index (κ2) is 20.0. The van der Waals surface area contributed by atoms with Crippen LogP contribution in [0.15, 0.2) is 66.7 Å². The maximum atomic E-state index is 13.8. The lowest BCUT2D eigenvalue weighted by atomic mass is 9.81. The van der Waals surface area contributed by atoms with Gasteiger partial charge in [-0.15, -0.1) is 10.2 Å². The molecule has 1 aromatic heterocycles. The fourth-order valence-corrected chi connectivity index (χ4v) is 7.04. The van der Waals surface area contributed by atoms with Crippen molar-refractivity contribution < 1.29 is 23.9 Å². The molecule has 1 atom stereocenters. The lowest BCUT2D eigenvalue weighted by Gasteiger charge is -2.29. The summed E-state index contributed by atoms with van der Waals surface area (Å²) in [6.07, 6.45) is 2.70. The molecule has 1 heterocycles. The first kappa shape index (κ1) is 42.5. The lowest BCUT2D eigenvalue weighted by Crippen LogP contribution is -2.48. The zero-order valence-corrected chi connectivity index (χ0v) is 34.0. The highest BCUT2D eigenvalue weighted by Crippen LogP contribution is 2.29. The molecule has 4 amide bonds. The summed E-state index contributed by atoms with van der Waals surface area (Å²) >= 11 is 0. The first-order chi connectivity index (χ1) is 27.3. The van der Waals surface area contributed by atoms with Gasteiger partial charge >= 0.3 is 6.09 Å². The number of rotatable bonds is 16. The third-order valence-electron chi connectivity index (χ3n) is 10.3. The van der Waals surface area contributed by atoms with Crippen molar-refractivity contribution in [3.05, 3.63) is 83.4 Å². The molecule has 0 spiro atoms. The summed E-state index contributed by atoms with van der Waals surface area (Å²) in [5.41, 5.74) is 5.20. The molecule has 1 fully saturated rings. The average molecular weight is 780 g/mol. The molecule has 14 heteroatoms. The lowest BCUT2D eigenvalue weighted by molar-refractivity contribution is -0.130. The number of aromatic nitrogens is 4. The van der Waals surface area contributed by atoms with Crippen molar-refractivity contribution in [1.82, 2.24) is 41.5 Å². The van der Waals surface area contributed by atoms with Gasteiger partial charge in [-0.05, 0) is 136 Å². The molecule has 1 aliphatic carbocycles. The van der Waals surface area contributed by atoms with Crippen LogP contribution in [0.5, 0.6) is 0 Å². The Balaban J connectivity index is 1.23. The number of anilines is 1. The minimum Gasteiger partial charge on any atom is -0.444 e. The Hall–Kier alpha value is -5.63. The zero-order chi connectivity index (χ0) is 41.0. The largest absolute Gasteiger partial charge is 0.444 e. The molecule has 1 saturated carbocycles. The number of carbonyl (C=O) groups is 4. The SMILES string of the molecule is CCN(CC)CCNC(=O)c1ccc(-c2ccc(C[C@H](NC(=O)C3CCC(CNC(=O)OC(C)(C)C)CC3)C(=O)Nc3ccc(-c4nn[nH]n4)cc3)cc2)c(C)c1. The van der Waals surface area contributed by atoms with Gasteiger partial charge in [0.05, 0.1) is 0 Å². The van der Waals surface area contributed by atoms with E-state index in [1.165, 1.54) is 0 Å². The molecule has 4 aromatic rings. The molecule has 5 N–H and O–H groups in total. The number of nitrogens with one attached hydrogen (secondary N) is 5. The molecule has 0 aliphatic heterocycles. The minimum atomic E-state index is -0.840. The van der Waals surface area contributed by atoms with E-state index in [2.05, 4.69) is 60.6 Å². The van der Waals surface area contributed by atoms with Gasteiger partial charge in [0, 0.05) is 48.8 Å². The number of alkyl carbamates (subject to hydrolysis) is 1. The van der Waals surface area contributed by atoms with E-state index in [0.717, 1.165) is 60.3 Å². The normalized spacial score (nSPS) is 16.1. The fraction of sp³-hybridized carbons (Fsp3) is 0.465. The summed E-state index contributed by atoms with van der Waals surface area (Å²) in [4.78, 5) is 54.8. The van der Waals surface area contributed by atoms with Gasteiger partial charge in [-0.2, -0.15) is 5.21 Å². The van der Waals surface area contributed by atoms with Gasteiger partial charge in [0.25, 0.3) is 5.91 Å². The van der Waals surface area contributed by atoms with Crippen LogP contribution in [-0.4, -0.2) is 93.7 Å². The van der Waals surface area contributed by atoms with E-state index in [1.807, 2.05) is 70.2 Å². The Labute approximate surface area is 335 Å². The molecule has 57 heavy (non-hydrogen) atoms. The number of H-pyrrole nitrogens is 1. The highest BCUT2D eigenvalue weighted by atomic mass is 16.6. The number of amides is 4. The standard InChI is InChI=1S/C43H57N9O5/c1-7-52(8-2)24-23-44-39(53)34-19-22-36(28(3)25-34)31-13-9-29(10-14-31)26-37(41(55)46-35-20-17-32(18-21-35)38-48-50-51-49-38)47-40(54)33-15-11-30(12-16-33)27-45-42(56)57-43(4,5)6/h9-10,13-14,17-22,25,30,33,37H,7-8,11-12,15-16,23-24,26-27H2,1-6H3,(H,44,53)(H,45,56)(H,46,55)(H,47,54)(H,48,49,50,51)/t30?,33?,37-/m0/s1. The Bertz CT molecular complexity index is 1930. The number of aryl methyl sites for hydroxylation is 1. The van der Waals surface area contributed by atoms with Crippen LogP contribution < -0.4 is 21.3 Å². The molecular formula is C43H57N9O5. The highest BCUT2D eigenvalue weighted by molar-refractivity contribution is 5.98. The van der Waals surface area contributed by atoms with E-state index in [-0.39, 0.29) is 36.0 Å². The van der Waals surface area contributed by atoms with Crippen LogP contribution in [0.4, 0.5) is 10.5 Å². The predicted molar refractivity (Wildman–Crippen MR) is 220 cm³/mol. The maximum Gasteiger partial charge on any atom is 0.407 e. The number of ether oxygens (including phenoxy) is 1. The van der Waals surface area contributed by atoms with Crippen molar-refractivity contribution in [2.75, 3.05) is 38.0 Å². The van der Waals surface area contributed by atoms with Crippen molar-refractivity contribution in [1.29, 1.82) is 0 Å². The number of hydrogen-bond donors (Lipinski definition) is 5. The van der Waals surface area contributed by atoms with E-state index in [0.29, 0.717) is 43.0 Å². The van der Waals surface area contributed by atoms with Gasteiger partial charge in [0.2, 0.25) is 17.6 Å². The molecule has 5 rings (SSSR count). The van der Waals surface area contributed by atoms with Crippen molar-refractivity contribution >= 4 is 29.5 Å². The minimum absolute atomic E-state index is 0.0929. The van der Waals surface area contributed by atoms with Crippen LogP contribution >= 0.6 is 0 Å². The van der Waals surface area contributed by atoms with E-state index in [4.69, 9.17) is 4.74 Å². The maximum absolute atomic E-state index is 13.8. The molecule has 0 unspecified atom stereocenters. The summed E-state index contributed by atoms with van der Waals surface area (Å²) < 4.78 is 5.36. The second-order valence-electron chi connectivity index (χ2n) is 15.7. The van der Waals surface area contributed by atoms with Gasteiger partial charge in [-0.25, -0.2) is 4.79 Å². The van der Waals surface area contributed by atoms with Crippen molar-refractivity contribution in [2.24, 2.45) is 11.8 Å². The number of carbonyl (C=O) groups excluding carboxylic acids is 4. The molecule has 14 nitrogen and oxygen atoms in total. The molecule has 3 aromatic carbocycles. The van der Waals surface area contributed by atoms with E-state index < -0.39 is 17.7 Å². The summed E-state index contributed by atoms with van der Waals surface area (Å²) in [6.45, 7) is 15.5. The van der Waals surface area contributed by atoms with Crippen LogP contribution in [0.1, 0.15) is 81.8 Å². The zero-order valence-electron chi connectivity index (χ0n) is 34.0. The topological polar surface area (TPSA) is 183 Å². The fourth-order valence-electron chi connectivity index (χ4n) is 7.04. The number of aromatic amines is 1.